The first-order chi connectivity index (χ1) is 12.7. The highest BCUT2D eigenvalue weighted by Gasteiger charge is 2.27. The summed E-state index contributed by atoms with van der Waals surface area (Å²) in [6.45, 7) is 0. The van der Waals surface area contributed by atoms with Crippen molar-refractivity contribution < 1.29 is 18.3 Å². The van der Waals surface area contributed by atoms with Gasteiger partial charge >= 0.3 is 5.57 Å². The Hall–Kier alpha value is -3.20. The number of halogens is 3. The monoisotopic (exact) mass is 394 g/mol. The molecular formula is C17H13ClF2N4O3. The Labute approximate surface area is 156 Å². The number of aryl methyl sites for hydroxylation is 1. The SMILES string of the molecule is Cn1nccc1-n1cc(C(=O)Nc2ccc(OC(F)(F)Cl)cc2)ccc1=O. The lowest BCUT2D eigenvalue weighted by Crippen LogP contribution is -2.22. The first-order valence-corrected chi connectivity index (χ1v) is 7.99. The van der Waals surface area contributed by atoms with Gasteiger partial charge in [-0.3, -0.25) is 18.8 Å². The van der Waals surface area contributed by atoms with Crippen LogP contribution in [0, 0.1) is 0 Å². The number of aromatic nitrogens is 3. The van der Waals surface area contributed by atoms with Crippen LogP contribution in [-0.2, 0) is 7.05 Å². The van der Waals surface area contributed by atoms with E-state index < -0.39 is 11.5 Å². The van der Waals surface area contributed by atoms with E-state index in [1.165, 1.54) is 58.0 Å². The lowest BCUT2D eigenvalue weighted by atomic mass is 10.2. The number of alkyl halides is 3. The van der Waals surface area contributed by atoms with Crippen LogP contribution in [0.5, 0.6) is 5.75 Å². The summed E-state index contributed by atoms with van der Waals surface area (Å²) in [5.74, 6) is -0.141. The van der Waals surface area contributed by atoms with Gasteiger partial charge in [0.2, 0.25) is 0 Å². The first kappa shape index (κ1) is 18.6. The van der Waals surface area contributed by atoms with Gasteiger partial charge in [0.1, 0.15) is 11.6 Å². The normalized spacial score (nSPS) is 11.3. The highest BCUT2D eigenvalue weighted by atomic mass is 35.5. The summed E-state index contributed by atoms with van der Waals surface area (Å²) in [4.78, 5) is 24.5. The maximum Gasteiger partial charge on any atom is 0.487 e. The summed E-state index contributed by atoms with van der Waals surface area (Å²) >= 11 is 4.69. The quantitative estimate of drug-likeness (QED) is 0.675. The number of nitrogens with zero attached hydrogens (tertiary/aromatic N) is 3. The molecule has 0 aliphatic heterocycles. The molecule has 0 saturated carbocycles. The van der Waals surface area contributed by atoms with Gasteiger partial charge < -0.3 is 10.1 Å². The maximum atomic E-state index is 12.6. The van der Waals surface area contributed by atoms with Crippen LogP contribution in [-0.4, -0.2) is 25.8 Å². The zero-order chi connectivity index (χ0) is 19.6. The van der Waals surface area contributed by atoms with E-state index in [2.05, 4.69) is 15.2 Å². The molecule has 27 heavy (non-hydrogen) atoms. The number of anilines is 1. The molecule has 0 fully saturated rings. The molecule has 2 heterocycles. The molecule has 1 aromatic carbocycles. The van der Waals surface area contributed by atoms with Gasteiger partial charge in [-0.1, -0.05) is 0 Å². The number of hydrogen-bond acceptors (Lipinski definition) is 4. The lowest BCUT2D eigenvalue weighted by molar-refractivity contribution is -0.0964. The number of carbonyl (C=O) groups excluding carboxylic acids is 1. The summed E-state index contributed by atoms with van der Waals surface area (Å²) in [7, 11) is 1.67. The van der Waals surface area contributed by atoms with E-state index in [0.29, 0.717) is 11.5 Å². The van der Waals surface area contributed by atoms with Gasteiger partial charge in [-0.2, -0.15) is 5.10 Å². The number of nitrogens with one attached hydrogen (secondary N) is 1. The molecule has 2 aromatic heterocycles. The van der Waals surface area contributed by atoms with E-state index in [0.717, 1.165) is 0 Å². The molecule has 1 amide bonds. The number of benzene rings is 1. The zero-order valence-corrected chi connectivity index (χ0v) is 14.7. The molecule has 3 aromatic rings. The Balaban J connectivity index is 1.79. The van der Waals surface area contributed by atoms with E-state index in [4.69, 9.17) is 11.6 Å². The molecule has 1 N–H and O–H groups in total. The number of amides is 1. The Kier molecular flexibility index (Phi) is 4.95. The van der Waals surface area contributed by atoms with Crippen LogP contribution in [0.25, 0.3) is 5.82 Å². The summed E-state index contributed by atoms with van der Waals surface area (Å²) in [5, 5.41) is 6.59. The minimum atomic E-state index is -3.82. The molecule has 3 rings (SSSR count). The molecule has 0 bridgehead atoms. The predicted octanol–water partition coefficient (Wildman–Crippen LogP) is 2.99. The zero-order valence-electron chi connectivity index (χ0n) is 13.9. The molecule has 0 saturated heterocycles. The Morgan fingerprint density at radius 3 is 2.48 bits per heavy atom. The molecule has 0 spiro atoms. The lowest BCUT2D eigenvalue weighted by Gasteiger charge is -2.12. The maximum absolute atomic E-state index is 12.6. The minimum Gasteiger partial charge on any atom is -0.420 e. The van der Waals surface area contributed by atoms with Gasteiger partial charge in [-0.25, -0.2) is 0 Å². The van der Waals surface area contributed by atoms with Gasteiger partial charge in [0.15, 0.2) is 0 Å². The fourth-order valence-electron chi connectivity index (χ4n) is 2.35. The third-order valence-corrected chi connectivity index (χ3v) is 3.64. The number of rotatable bonds is 5. The molecule has 0 aliphatic carbocycles. The fourth-order valence-corrected chi connectivity index (χ4v) is 2.44. The van der Waals surface area contributed by atoms with Gasteiger partial charge in [-0.15, -0.1) is 8.78 Å². The minimum absolute atomic E-state index is 0.155. The van der Waals surface area contributed by atoms with Crippen molar-refractivity contribution in [2.45, 2.75) is 5.57 Å². The van der Waals surface area contributed by atoms with Gasteiger partial charge in [-0.05, 0) is 30.3 Å². The molecule has 0 unspecified atom stereocenters. The van der Waals surface area contributed by atoms with E-state index in [9.17, 15) is 18.4 Å². The van der Waals surface area contributed by atoms with Crippen LogP contribution < -0.4 is 15.6 Å². The topological polar surface area (TPSA) is 78.2 Å². The summed E-state index contributed by atoms with van der Waals surface area (Å²) < 4.78 is 32.2. The standard InChI is InChI=1S/C17H13ClF2N4O3/c1-23-14(8-9-21-23)24-10-11(2-7-15(24)25)16(26)22-12-3-5-13(6-4-12)27-17(18,19)20/h2-10H,1H3,(H,22,26). The molecule has 10 heteroatoms. The van der Waals surface area contributed by atoms with Crippen molar-refractivity contribution in [3.05, 3.63) is 70.8 Å². The third-order valence-electron chi connectivity index (χ3n) is 3.56. The summed E-state index contributed by atoms with van der Waals surface area (Å²) in [5.41, 5.74) is -3.56. The van der Waals surface area contributed by atoms with E-state index >= 15 is 0 Å². The first-order valence-electron chi connectivity index (χ1n) is 7.61. The van der Waals surface area contributed by atoms with Crippen LogP contribution >= 0.6 is 11.6 Å². The second kappa shape index (κ2) is 7.20. The second-order valence-electron chi connectivity index (χ2n) is 5.47. The van der Waals surface area contributed by atoms with Crippen LogP contribution in [0.2, 0.25) is 0 Å². The largest absolute Gasteiger partial charge is 0.487 e. The Bertz CT molecular complexity index is 1030. The molecular weight excluding hydrogens is 382 g/mol. The summed E-state index contributed by atoms with van der Waals surface area (Å²) in [6.07, 6.45) is 2.92. The van der Waals surface area contributed by atoms with Crippen molar-refractivity contribution in [1.82, 2.24) is 14.3 Å². The molecule has 7 nitrogen and oxygen atoms in total. The summed E-state index contributed by atoms with van der Waals surface area (Å²) in [6, 6.07) is 9.52. The van der Waals surface area contributed by atoms with Crippen LogP contribution in [0.4, 0.5) is 14.5 Å². The van der Waals surface area contributed by atoms with Crippen molar-refractivity contribution in [2.24, 2.45) is 7.05 Å². The second-order valence-corrected chi connectivity index (χ2v) is 5.91. The van der Waals surface area contributed by atoms with Gasteiger partial charge in [0.25, 0.3) is 11.5 Å². The number of ether oxygens (including phenoxy) is 1. The Morgan fingerprint density at radius 1 is 1.19 bits per heavy atom. The van der Waals surface area contributed by atoms with Crippen molar-refractivity contribution in [1.29, 1.82) is 0 Å². The smallest absolute Gasteiger partial charge is 0.420 e. The number of carbonyl (C=O) groups is 1. The average Bonchev–Trinajstić information content (AvgIpc) is 3.01. The van der Waals surface area contributed by atoms with Crippen molar-refractivity contribution in [3.8, 4) is 11.6 Å². The molecule has 140 valence electrons. The molecule has 0 aliphatic rings. The average molecular weight is 395 g/mol. The fraction of sp³-hybridized carbons (Fsp3) is 0.118. The highest BCUT2D eigenvalue weighted by Crippen LogP contribution is 2.26. The highest BCUT2D eigenvalue weighted by molar-refractivity contribution is 6.20. The van der Waals surface area contributed by atoms with Crippen molar-refractivity contribution in [2.75, 3.05) is 5.32 Å². The molecule has 0 atom stereocenters. The van der Waals surface area contributed by atoms with Gasteiger partial charge in [0, 0.05) is 42.7 Å². The van der Waals surface area contributed by atoms with Crippen molar-refractivity contribution >= 4 is 23.2 Å². The van der Waals surface area contributed by atoms with Crippen molar-refractivity contribution in [3.63, 3.8) is 0 Å². The van der Waals surface area contributed by atoms with Crippen LogP contribution in [0.1, 0.15) is 10.4 Å². The van der Waals surface area contributed by atoms with E-state index in [-0.39, 0.29) is 16.9 Å². The van der Waals surface area contributed by atoms with Gasteiger partial charge in [0.05, 0.1) is 11.8 Å². The number of pyridine rings is 1. The number of hydrogen-bond donors (Lipinski definition) is 1. The Morgan fingerprint density at radius 2 is 1.89 bits per heavy atom. The molecule has 0 radical (unpaired) electrons. The van der Waals surface area contributed by atoms with E-state index in [1.54, 1.807) is 13.1 Å². The predicted molar refractivity (Wildman–Crippen MR) is 94.6 cm³/mol. The van der Waals surface area contributed by atoms with Crippen LogP contribution in [0.15, 0.2) is 59.7 Å². The van der Waals surface area contributed by atoms with E-state index in [1.807, 2.05) is 0 Å². The van der Waals surface area contributed by atoms with Crippen LogP contribution in [0.3, 0.4) is 0 Å². The third kappa shape index (κ3) is 4.50.